The highest BCUT2D eigenvalue weighted by Gasteiger charge is 2.34. The Kier molecular flexibility index (Phi) is 6.10. The number of nitriles is 2. The number of benzene rings is 4. The molecule has 212 valence electrons. The van der Waals surface area contributed by atoms with E-state index in [9.17, 15) is 32.5 Å². The van der Waals surface area contributed by atoms with Gasteiger partial charge >= 0.3 is 6.18 Å². The lowest BCUT2D eigenvalue weighted by molar-refractivity contribution is -0.139. The standard InChI is InChI=1S/C34H15F5N4S/c1-16-2-3-19(12-26(16)35)17-4-7-21-23(10-17)30(42-14-40)32-28(21)29-22-8-5-18(11-24(22)31(43-15-41)33(29)44-32)20-6-9-25(27(36)13-20)34(37,38)39/h2-13H,1H3/b42-30-,43-31+. The van der Waals surface area contributed by atoms with Crippen LogP contribution in [-0.4, -0.2) is 0 Å². The highest BCUT2D eigenvalue weighted by Crippen LogP contribution is 2.43. The van der Waals surface area contributed by atoms with Crippen LogP contribution in [0.1, 0.15) is 11.1 Å². The SMILES string of the molecule is Cc1ccc(-c2ccc3c(c2)/c(=N/C#N)c2sc4/c(=N/C#N)c5cc(-c6ccc(C(F)(F)F)c(F)c6)ccc5c4c23)cc1F. The summed E-state index contributed by atoms with van der Waals surface area (Å²) < 4.78 is 69.5. The molecule has 0 aliphatic carbocycles. The van der Waals surface area contributed by atoms with Crippen LogP contribution < -0.4 is 10.7 Å². The molecule has 0 aliphatic heterocycles. The molecule has 0 amide bonds. The van der Waals surface area contributed by atoms with Crippen LogP contribution in [0.3, 0.4) is 0 Å². The second-order valence-electron chi connectivity index (χ2n) is 10.3. The van der Waals surface area contributed by atoms with E-state index in [1.54, 1.807) is 31.2 Å². The second kappa shape index (κ2) is 9.80. The van der Waals surface area contributed by atoms with E-state index in [2.05, 4.69) is 9.98 Å². The van der Waals surface area contributed by atoms with E-state index in [1.807, 2.05) is 36.7 Å². The minimum absolute atomic E-state index is 0.240. The predicted octanol–water partition coefficient (Wildman–Crippen LogP) is 8.94. The van der Waals surface area contributed by atoms with E-state index in [0.717, 1.165) is 37.9 Å². The van der Waals surface area contributed by atoms with E-state index in [4.69, 9.17) is 0 Å². The molecule has 10 heteroatoms. The number of alkyl halides is 3. The van der Waals surface area contributed by atoms with Gasteiger partial charge < -0.3 is 0 Å². The van der Waals surface area contributed by atoms with Crippen molar-refractivity contribution in [3.05, 3.63) is 106 Å². The maximum atomic E-state index is 14.4. The molecular weight excluding hydrogens is 591 g/mol. The van der Waals surface area contributed by atoms with Crippen molar-refractivity contribution in [3.8, 4) is 34.6 Å². The molecule has 0 bridgehead atoms. The first kappa shape index (κ1) is 27.4. The third-order valence-corrected chi connectivity index (χ3v) is 9.07. The summed E-state index contributed by atoms with van der Waals surface area (Å²) in [5, 5.41) is 24.4. The van der Waals surface area contributed by atoms with Gasteiger partial charge in [0.15, 0.2) is 0 Å². The molecule has 1 aromatic heterocycles. The molecule has 7 aromatic rings. The van der Waals surface area contributed by atoms with Gasteiger partial charge in [-0.05, 0) is 75.8 Å². The number of halogens is 5. The van der Waals surface area contributed by atoms with E-state index in [0.29, 0.717) is 48.9 Å². The Bertz CT molecular complexity index is 2550. The zero-order valence-corrected chi connectivity index (χ0v) is 23.3. The lowest BCUT2D eigenvalue weighted by Crippen LogP contribution is -2.07. The molecule has 1 heterocycles. The fraction of sp³-hybridized carbons (Fsp3) is 0.0588. The Hall–Kier alpha value is -5.45. The van der Waals surface area contributed by atoms with Gasteiger partial charge in [-0.25, -0.2) is 8.78 Å². The molecule has 0 saturated heterocycles. The van der Waals surface area contributed by atoms with Crippen molar-refractivity contribution in [1.82, 2.24) is 0 Å². The number of aryl methyl sites for hydroxylation is 1. The van der Waals surface area contributed by atoms with Crippen molar-refractivity contribution in [3.63, 3.8) is 0 Å². The van der Waals surface area contributed by atoms with E-state index >= 15 is 0 Å². The first-order valence-corrected chi connectivity index (χ1v) is 14.0. The lowest BCUT2D eigenvalue weighted by Gasteiger charge is -2.09. The zero-order valence-electron chi connectivity index (χ0n) is 22.5. The average Bonchev–Trinajstić information content (AvgIpc) is 3.61. The maximum absolute atomic E-state index is 14.4. The van der Waals surface area contributed by atoms with E-state index in [1.165, 1.54) is 23.5 Å². The molecule has 6 aromatic carbocycles. The largest absolute Gasteiger partial charge is 0.419 e. The Morgan fingerprint density at radius 3 is 1.52 bits per heavy atom. The van der Waals surface area contributed by atoms with Crippen molar-refractivity contribution in [1.29, 1.82) is 10.5 Å². The van der Waals surface area contributed by atoms with Gasteiger partial charge in [-0.1, -0.05) is 42.5 Å². The first-order valence-electron chi connectivity index (χ1n) is 13.1. The van der Waals surface area contributed by atoms with Crippen molar-refractivity contribution in [2.45, 2.75) is 13.1 Å². The summed E-state index contributed by atoms with van der Waals surface area (Å²) in [7, 11) is 0. The smallest absolute Gasteiger partial charge is 0.207 e. The topological polar surface area (TPSA) is 72.3 Å². The third-order valence-electron chi connectivity index (χ3n) is 7.86. The van der Waals surface area contributed by atoms with Crippen molar-refractivity contribution in [2.24, 2.45) is 9.98 Å². The number of thiophene rings is 1. The summed E-state index contributed by atoms with van der Waals surface area (Å²) in [6.45, 7) is 1.69. The minimum Gasteiger partial charge on any atom is -0.207 e. The van der Waals surface area contributed by atoms with Crippen LogP contribution >= 0.6 is 11.3 Å². The number of nitrogens with zero attached hydrogens (tertiary/aromatic N) is 4. The van der Waals surface area contributed by atoms with Crippen LogP contribution in [0, 0.1) is 41.5 Å². The summed E-state index contributed by atoms with van der Waals surface area (Å²) >= 11 is 1.33. The summed E-state index contributed by atoms with van der Waals surface area (Å²) in [5.74, 6) is -1.71. The quantitative estimate of drug-likeness (QED) is 0.146. The van der Waals surface area contributed by atoms with Crippen LogP contribution in [0.4, 0.5) is 22.0 Å². The van der Waals surface area contributed by atoms with Crippen LogP contribution in [0.2, 0.25) is 0 Å². The maximum Gasteiger partial charge on any atom is 0.419 e. The third kappa shape index (κ3) is 4.07. The Morgan fingerprint density at radius 1 is 0.614 bits per heavy atom. The number of rotatable bonds is 2. The monoisotopic (exact) mass is 606 g/mol. The van der Waals surface area contributed by atoms with Crippen molar-refractivity contribution in [2.75, 3.05) is 0 Å². The Morgan fingerprint density at radius 2 is 1.07 bits per heavy atom. The van der Waals surface area contributed by atoms with Gasteiger partial charge in [0, 0.05) is 21.5 Å². The summed E-state index contributed by atoms with van der Waals surface area (Å²) in [4.78, 5) is 8.22. The molecular formula is C34H15F5N4S. The van der Waals surface area contributed by atoms with Crippen LogP contribution in [0.15, 0.2) is 82.8 Å². The Balaban J connectivity index is 1.51. The molecule has 4 nitrogen and oxygen atoms in total. The molecule has 44 heavy (non-hydrogen) atoms. The van der Waals surface area contributed by atoms with Crippen molar-refractivity contribution < 1.29 is 22.0 Å². The van der Waals surface area contributed by atoms with Gasteiger partial charge in [0.05, 0.1) is 15.0 Å². The first-order chi connectivity index (χ1) is 21.1. The number of hydrogen-bond acceptors (Lipinski definition) is 5. The van der Waals surface area contributed by atoms with Gasteiger partial charge in [0.2, 0.25) is 12.4 Å². The summed E-state index contributed by atoms with van der Waals surface area (Å²) in [6.07, 6.45) is -1.10. The van der Waals surface area contributed by atoms with Gasteiger partial charge in [-0.15, -0.1) is 11.3 Å². The van der Waals surface area contributed by atoms with Crippen LogP contribution in [0.5, 0.6) is 0 Å². The molecule has 0 N–H and O–H groups in total. The molecule has 0 spiro atoms. The normalized spacial score (nSPS) is 13.0. The number of hydrogen-bond donors (Lipinski definition) is 0. The molecule has 0 aliphatic rings. The Labute approximate surface area is 249 Å². The van der Waals surface area contributed by atoms with Crippen LogP contribution in [-0.2, 0) is 6.18 Å². The van der Waals surface area contributed by atoms with Gasteiger partial charge in [0.1, 0.15) is 22.3 Å². The molecule has 0 atom stereocenters. The van der Waals surface area contributed by atoms with Gasteiger partial charge in [0.25, 0.3) is 0 Å². The molecule has 0 saturated carbocycles. The van der Waals surface area contributed by atoms with Gasteiger partial charge in [-0.2, -0.15) is 33.7 Å². The van der Waals surface area contributed by atoms with E-state index in [-0.39, 0.29) is 11.4 Å². The minimum atomic E-state index is -4.82. The fourth-order valence-corrected chi connectivity index (χ4v) is 7.15. The summed E-state index contributed by atoms with van der Waals surface area (Å²) in [5.41, 5.74) is 1.30. The van der Waals surface area contributed by atoms with E-state index < -0.39 is 17.6 Å². The van der Waals surface area contributed by atoms with Crippen molar-refractivity contribution >= 4 is 53.1 Å². The average molecular weight is 607 g/mol. The highest BCUT2D eigenvalue weighted by atomic mass is 32.1. The second-order valence-corrected chi connectivity index (χ2v) is 11.3. The van der Waals surface area contributed by atoms with Gasteiger partial charge in [-0.3, -0.25) is 0 Å². The predicted molar refractivity (Wildman–Crippen MR) is 160 cm³/mol. The lowest BCUT2D eigenvalue weighted by atomic mass is 10.00. The van der Waals surface area contributed by atoms with Crippen LogP contribution in [0.25, 0.3) is 64.0 Å². The zero-order chi connectivity index (χ0) is 30.9. The molecule has 0 fully saturated rings. The molecule has 0 unspecified atom stereocenters. The summed E-state index contributed by atoms with van der Waals surface area (Å²) in [6, 6.07) is 18.5. The molecule has 7 rings (SSSR count). The fourth-order valence-electron chi connectivity index (χ4n) is 5.82. The molecule has 0 radical (unpaired) electrons. The highest BCUT2D eigenvalue weighted by molar-refractivity contribution is 7.26. The number of fused-ring (bicyclic) bond motifs is 7.